The lowest BCUT2D eigenvalue weighted by Crippen LogP contribution is -2.43. The maximum absolute atomic E-state index is 13.2. The van der Waals surface area contributed by atoms with Gasteiger partial charge in [0.1, 0.15) is 11.5 Å². The Morgan fingerprint density at radius 1 is 1.14 bits per heavy atom. The molecule has 2 aromatic carbocycles. The number of nitrogens with zero attached hydrogens (tertiary/aromatic N) is 1. The summed E-state index contributed by atoms with van der Waals surface area (Å²) >= 11 is 3.42. The molecular weight excluding hydrogens is 424 g/mol. The van der Waals surface area contributed by atoms with Crippen LogP contribution in [0.3, 0.4) is 0 Å². The van der Waals surface area contributed by atoms with Crippen LogP contribution in [-0.2, 0) is 4.79 Å². The highest BCUT2D eigenvalue weighted by atomic mass is 79.9. The van der Waals surface area contributed by atoms with Crippen LogP contribution in [-0.4, -0.2) is 44.0 Å². The van der Waals surface area contributed by atoms with E-state index in [0.717, 1.165) is 18.5 Å². The highest BCUT2D eigenvalue weighted by Crippen LogP contribution is 2.35. The van der Waals surface area contributed by atoms with Crippen molar-refractivity contribution in [1.29, 1.82) is 0 Å². The molecule has 0 aliphatic carbocycles. The number of likely N-dealkylation sites (tertiary alicyclic amines) is 1. The number of carbonyl (C=O) groups excluding carboxylic acids is 2. The van der Waals surface area contributed by atoms with Crippen molar-refractivity contribution in [2.75, 3.05) is 32.6 Å². The first-order valence-corrected chi connectivity index (χ1v) is 9.89. The first-order chi connectivity index (χ1) is 13.5. The molecule has 0 radical (unpaired) electrons. The number of halogens is 1. The molecule has 28 heavy (non-hydrogen) atoms. The number of hydrogen-bond donors (Lipinski definition) is 1. The maximum atomic E-state index is 13.2. The Bertz CT molecular complexity index is 857. The van der Waals surface area contributed by atoms with E-state index in [-0.39, 0.29) is 17.7 Å². The van der Waals surface area contributed by atoms with Crippen molar-refractivity contribution in [3.05, 3.63) is 52.5 Å². The Labute approximate surface area is 172 Å². The van der Waals surface area contributed by atoms with E-state index in [9.17, 15) is 9.59 Å². The Morgan fingerprint density at radius 3 is 2.57 bits per heavy atom. The summed E-state index contributed by atoms with van der Waals surface area (Å²) in [6, 6.07) is 12.8. The fourth-order valence-corrected chi connectivity index (χ4v) is 3.97. The van der Waals surface area contributed by atoms with Crippen molar-refractivity contribution in [2.24, 2.45) is 5.92 Å². The van der Waals surface area contributed by atoms with Gasteiger partial charge in [0, 0.05) is 18.8 Å². The van der Waals surface area contributed by atoms with Crippen molar-refractivity contribution >= 4 is 33.4 Å². The Hall–Kier alpha value is -2.54. The van der Waals surface area contributed by atoms with E-state index < -0.39 is 0 Å². The summed E-state index contributed by atoms with van der Waals surface area (Å²) in [7, 11) is 3.07. The highest BCUT2D eigenvalue weighted by Gasteiger charge is 2.31. The summed E-state index contributed by atoms with van der Waals surface area (Å²) in [6.07, 6.45) is 1.52. The molecule has 0 bridgehead atoms. The minimum absolute atomic E-state index is 0.0671. The summed E-state index contributed by atoms with van der Waals surface area (Å²) in [5, 5.41) is 2.93. The van der Waals surface area contributed by atoms with Crippen LogP contribution in [0.4, 0.5) is 5.69 Å². The molecule has 1 heterocycles. The molecule has 1 fully saturated rings. The lowest BCUT2D eigenvalue weighted by Gasteiger charge is -2.32. The number of methoxy groups -OCH3 is 2. The summed E-state index contributed by atoms with van der Waals surface area (Å²) < 4.78 is 11.3. The highest BCUT2D eigenvalue weighted by molar-refractivity contribution is 9.10. The molecule has 2 aromatic rings. The molecular formula is C21H23BrN2O4. The second-order valence-corrected chi connectivity index (χ2v) is 7.49. The van der Waals surface area contributed by atoms with Gasteiger partial charge in [-0.25, -0.2) is 0 Å². The molecule has 6 nitrogen and oxygen atoms in total. The predicted octanol–water partition coefficient (Wildman–Crippen LogP) is 3.96. The third kappa shape index (κ3) is 4.47. The number of piperidine rings is 1. The number of hydrogen-bond acceptors (Lipinski definition) is 4. The molecule has 1 saturated heterocycles. The Morgan fingerprint density at radius 2 is 1.89 bits per heavy atom. The standard InChI is InChI=1S/C21H23BrN2O4/c1-27-16-11-17(19(28-2)18(22)12-16)21(26)24-10-6-7-14(13-24)20(25)23-15-8-4-3-5-9-15/h3-5,8-9,11-12,14H,6-7,10,13H2,1-2H3,(H,23,25). The van der Waals surface area contributed by atoms with E-state index in [1.807, 2.05) is 30.3 Å². The van der Waals surface area contributed by atoms with Crippen LogP contribution >= 0.6 is 15.9 Å². The second kappa shape index (κ2) is 9.10. The Balaban J connectivity index is 1.76. The maximum Gasteiger partial charge on any atom is 0.257 e. The van der Waals surface area contributed by atoms with Crippen LogP contribution in [0.5, 0.6) is 11.5 Å². The molecule has 2 amide bonds. The number of benzene rings is 2. The molecule has 1 N–H and O–H groups in total. The van der Waals surface area contributed by atoms with Gasteiger partial charge < -0.3 is 19.7 Å². The van der Waals surface area contributed by atoms with Crippen molar-refractivity contribution < 1.29 is 19.1 Å². The first kappa shape index (κ1) is 20.2. The third-order valence-corrected chi connectivity index (χ3v) is 5.40. The van der Waals surface area contributed by atoms with Gasteiger partial charge in [-0.05, 0) is 53.0 Å². The number of rotatable bonds is 5. The van der Waals surface area contributed by atoms with Crippen LogP contribution in [0.15, 0.2) is 46.9 Å². The van der Waals surface area contributed by atoms with Gasteiger partial charge in [0.2, 0.25) is 5.91 Å². The lowest BCUT2D eigenvalue weighted by atomic mass is 9.96. The van der Waals surface area contributed by atoms with Gasteiger partial charge >= 0.3 is 0 Å². The number of nitrogens with one attached hydrogen (secondary N) is 1. The van der Waals surface area contributed by atoms with Gasteiger partial charge in [-0.15, -0.1) is 0 Å². The van der Waals surface area contributed by atoms with Crippen LogP contribution < -0.4 is 14.8 Å². The number of carbonyl (C=O) groups is 2. The van der Waals surface area contributed by atoms with Gasteiger partial charge in [-0.2, -0.15) is 0 Å². The average molecular weight is 447 g/mol. The van der Waals surface area contributed by atoms with E-state index in [2.05, 4.69) is 21.2 Å². The minimum Gasteiger partial charge on any atom is -0.497 e. The molecule has 1 aliphatic heterocycles. The van der Waals surface area contributed by atoms with E-state index in [0.29, 0.717) is 34.6 Å². The summed E-state index contributed by atoms with van der Waals surface area (Å²) in [4.78, 5) is 27.5. The van der Waals surface area contributed by atoms with Gasteiger partial charge in [0.25, 0.3) is 5.91 Å². The van der Waals surface area contributed by atoms with E-state index >= 15 is 0 Å². The summed E-state index contributed by atoms with van der Waals surface area (Å²) in [5.41, 5.74) is 1.17. The topological polar surface area (TPSA) is 67.9 Å². The summed E-state index contributed by atoms with van der Waals surface area (Å²) in [6.45, 7) is 0.974. The van der Waals surface area contributed by atoms with Gasteiger partial charge in [0.05, 0.1) is 30.2 Å². The van der Waals surface area contributed by atoms with Crippen molar-refractivity contribution in [3.8, 4) is 11.5 Å². The fraction of sp³-hybridized carbons (Fsp3) is 0.333. The molecule has 148 valence electrons. The largest absolute Gasteiger partial charge is 0.497 e. The molecule has 0 saturated carbocycles. The molecule has 1 unspecified atom stereocenters. The van der Waals surface area contributed by atoms with Gasteiger partial charge in [-0.1, -0.05) is 18.2 Å². The molecule has 0 spiro atoms. The van der Waals surface area contributed by atoms with Crippen molar-refractivity contribution in [3.63, 3.8) is 0 Å². The lowest BCUT2D eigenvalue weighted by molar-refractivity contribution is -0.121. The monoisotopic (exact) mass is 446 g/mol. The van der Waals surface area contributed by atoms with Crippen LogP contribution in [0.2, 0.25) is 0 Å². The van der Waals surface area contributed by atoms with E-state index in [4.69, 9.17) is 9.47 Å². The fourth-order valence-electron chi connectivity index (χ4n) is 3.36. The zero-order valence-corrected chi connectivity index (χ0v) is 17.5. The van der Waals surface area contributed by atoms with Gasteiger partial charge in [0.15, 0.2) is 0 Å². The molecule has 0 aromatic heterocycles. The minimum atomic E-state index is -0.252. The molecule has 7 heteroatoms. The van der Waals surface area contributed by atoms with Crippen molar-refractivity contribution in [1.82, 2.24) is 4.90 Å². The Kier molecular flexibility index (Phi) is 6.57. The number of amides is 2. The predicted molar refractivity (Wildman–Crippen MR) is 111 cm³/mol. The van der Waals surface area contributed by atoms with E-state index in [1.165, 1.54) is 7.11 Å². The van der Waals surface area contributed by atoms with Crippen LogP contribution in [0, 0.1) is 5.92 Å². The van der Waals surface area contributed by atoms with Crippen LogP contribution in [0.25, 0.3) is 0 Å². The number of para-hydroxylation sites is 1. The molecule has 3 rings (SSSR count). The zero-order chi connectivity index (χ0) is 20.1. The average Bonchev–Trinajstić information content (AvgIpc) is 2.73. The van der Waals surface area contributed by atoms with E-state index in [1.54, 1.807) is 24.1 Å². The second-order valence-electron chi connectivity index (χ2n) is 6.64. The number of ether oxygens (including phenoxy) is 2. The molecule has 1 aliphatic rings. The van der Waals surface area contributed by atoms with Gasteiger partial charge in [-0.3, -0.25) is 9.59 Å². The smallest absolute Gasteiger partial charge is 0.257 e. The molecule has 1 atom stereocenters. The zero-order valence-electron chi connectivity index (χ0n) is 15.9. The quantitative estimate of drug-likeness (QED) is 0.754. The van der Waals surface area contributed by atoms with Crippen LogP contribution in [0.1, 0.15) is 23.2 Å². The SMILES string of the molecule is COc1cc(Br)c(OC)c(C(=O)N2CCCC(C(=O)Nc3ccccc3)C2)c1. The van der Waals surface area contributed by atoms with Crippen molar-refractivity contribution in [2.45, 2.75) is 12.8 Å². The third-order valence-electron chi connectivity index (χ3n) is 4.81. The first-order valence-electron chi connectivity index (χ1n) is 9.10. The number of anilines is 1. The normalized spacial score (nSPS) is 16.4. The summed E-state index contributed by atoms with van der Waals surface area (Å²) in [5.74, 6) is 0.530.